The fourth-order valence-corrected chi connectivity index (χ4v) is 7.22. The van der Waals surface area contributed by atoms with Crippen molar-refractivity contribution in [1.82, 2.24) is 19.1 Å². The van der Waals surface area contributed by atoms with Crippen molar-refractivity contribution in [1.29, 1.82) is 0 Å². The molecular formula is C25H26ClN5O3S2. The highest BCUT2D eigenvalue weighted by molar-refractivity contribution is 7.89. The second-order valence-electron chi connectivity index (χ2n) is 8.86. The quantitative estimate of drug-likeness (QED) is 0.340. The van der Waals surface area contributed by atoms with Gasteiger partial charge in [-0.25, -0.2) is 13.4 Å². The Morgan fingerprint density at radius 2 is 2.00 bits per heavy atom. The van der Waals surface area contributed by atoms with Gasteiger partial charge in [0.25, 0.3) is 0 Å². The summed E-state index contributed by atoms with van der Waals surface area (Å²) in [6, 6.07) is 14.2. The minimum absolute atomic E-state index is 0.138. The zero-order valence-corrected chi connectivity index (χ0v) is 22.1. The number of sulfonamides is 1. The van der Waals surface area contributed by atoms with Crippen molar-refractivity contribution in [3.8, 4) is 0 Å². The molecule has 1 saturated heterocycles. The van der Waals surface area contributed by atoms with Crippen LogP contribution in [0.2, 0.25) is 5.02 Å². The number of carbonyl (C=O) groups excluding carboxylic acids is 1. The van der Waals surface area contributed by atoms with E-state index in [1.165, 1.54) is 15.6 Å². The lowest BCUT2D eigenvalue weighted by Gasteiger charge is -2.33. The fourth-order valence-electron chi connectivity index (χ4n) is 4.40. The largest absolute Gasteiger partial charge is 0.286 e. The molecule has 1 aliphatic rings. The monoisotopic (exact) mass is 543 g/mol. The number of thiazole rings is 1. The Morgan fingerprint density at radius 1 is 1.19 bits per heavy atom. The van der Waals surface area contributed by atoms with Crippen LogP contribution in [0.15, 0.2) is 65.8 Å². The van der Waals surface area contributed by atoms with E-state index in [-0.39, 0.29) is 17.3 Å². The van der Waals surface area contributed by atoms with E-state index < -0.39 is 15.9 Å². The van der Waals surface area contributed by atoms with Gasteiger partial charge in [-0.2, -0.15) is 9.40 Å². The molecule has 4 aromatic rings. The lowest BCUT2D eigenvalue weighted by atomic mass is 9.98. The average molecular weight is 544 g/mol. The molecular weight excluding hydrogens is 518 g/mol. The molecule has 1 unspecified atom stereocenters. The maximum Gasteiger partial charge on any atom is 0.243 e. The molecule has 1 atom stereocenters. The molecule has 0 N–H and O–H groups in total. The first kappa shape index (κ1) is 24.9. The van der Waals surface area contributed by atoms with Gasteiger partial charge in [0.05, 0.1) is 27.1 Å². The Balaban J connectivity index is 1.42. The van der Waals surface area contributed by atoms with Gasteiger partial charge in [-0.15, -0.1) is 0 Å². The van der Waals surface area contributed by atoms with E-state index in [1.807, 2.05) is 31.3 Å². The number of anilines is 1. The standard InChI is InChI=1S/C25H26ClN5O3S2/c1-18-8-10-20(11-9-18)36(33,34)30-14-3-5-19(17-30)24(32)31(16-15-29-13-4-12-27-29)25-28-23-21(26)6-2-7-22(23)35-25/h2,4,6-13,19H,3,5,14-17H2,1H3. The molecule has 0 saturated carbocycles. The molecule has 8 nitrogen and oxygen atoms in total. The van der Waals surface area contributed by atoms with E-state index in [4.69, 9.17) is 11.6 Å². The van der Waals surface area contributed by atoms with Crippen LogP contribution in [0, 0.1) is 12.8 Å². The van der Waals surface area contributed by atoms with Gasteiger partial charge < -0.3 is 0 Å². The maximum absolute atomic E-state index is 13.9. The minimum atomic E-state index is -3.69. The van der Waals surface area contributed by atoms with Crippen molar-refractivity contribution in [2.75, 3.05) is 24.5 Å². The van der Waals surface area contributed by atoms with Gasteiger partial charge in [-0.3, -0.25) is 14.4 Å². The topological polar surface area (TPSA) is 88.4 Å². The summed E-state index contributed by atoms with van der Waals surface area (Å²) < 4.78 is 30.7. The first-order valence-corrected chi connectivity index (χ1v) is 14.4. The van der Waals surface area contributed by atoms with E-state index in [2.05, 4.69) is 10.1 Å². The first-order valence-electron chi connectivity index (χ1n) is 11.7. The second kappa shape index (κ2) is 10.3. The number of rotatable bonds is 7. The Hall–Kier alpha value is -2.79. The maximum atomic E-state index is 13.9. The normalized spacial score (nSPS) is 16.9. The van der Waals surface area contributed by atoms with Crippen molar-refractivity contribution < 1.29 is 13.2 Å². The molecule has 3 heterocycles. The van der Waals surface area contributed by atoms with Crippen LogP contribution in [0.5, 0.6) is 0 Å². The van der Waals surface area contributed by atoms with E-state index in [0.29, 0.717) is 48.1 Å². The van der Waals surface area contributed by atoms with Gasteiger partial charge >= 0.3 is 0 Å². The van der Waals surface area contributed by atoms with Gasteiger partial charge in [0, 0.05) is 32.0 Å². The summed E-state index contributed by atoms with van der Waals surface area (Å²) in [4.78, 5) is 20.5. The number of halogens is 1. The van der Waals surface area contributed by atoms with E-state index in [0.717, 1.165) is 10.3 Å². The van der Waals surface area contributed by atoms with E-state index in [9.17, 15) is 13.2 Å². The van der Waals surface area contributed by atoms with Gasteiger partial charge in [-0.05, 0) is 50.1 Å². The molecule has 188 valence electrons. The summed E-state index contributed by atoms with van der Waals surface area (Å²) in [5.41, 5.74) is 1.65. The van der Waals surface area contributed by atoms with E-state index >= 15 is 0 Å². The summed E-state index contributed by atoms with van der Waals surface area (Å²) >= 11 is 7.75. The average Bonchev–Trinajstić information content (AvgIpc) is 3.55. The molecule has 2 aromatic heterocycles. The molecule has 1 fully saturated rings. The van der Waals surface area contributed by atoms with Crippen LogP contribution in [0.1, 0.15) is 18.4 Å². The van der Waals surface area contributed by atoms with Gasteiger partial charge in [0.2, 0.25) is 15.9 Å². The number of para-hydroxylation sites is 1. The minimum Gasteiger partial charge on any atom is -0.286 e. The number of piperidine rings is 1. The number of nitrogens with zero attached hydrogens (tertiary/aromatic N) is 5. The fraction of sp³-hybridized carbons (Fsp3) is 0.320. The number of hydrogen-bond acceptors (Lipinski definition) is 6. The Bertz CT molecular complexity index is 1470. The molecule has 0 spiro atoms. The summed E-state index contributed by atoms with van der Waals surface area (Å²) in [6.07, 6.45) is 4.76. The van der Waals surface area contributed by atoms with Crippen molar-refractivity contribution >= 4 is 54.2 Å². The van der Waals surface area contributed by atoms with Crippen LogP contribution < -0.4 is 4.90 Å². The van der Waals surface area contributed by atoms with Gasteiger partial charge in [-0.1, -0.05) is 46.7 Å². The molecule has 1 aliphatic heterocycles. The van der Waals surface area contributed by atoms with Crippen LogP contribution in [-0.2, 0) is 21.4 Å². The summed E-state index contributed by atoms with van der Waals surface area (Å²) in [5.74, 6) is -0.611. The Kier molecular flexibility index (Phi) is 7.11. The molecule has 0 aliphatic carbocycles. The summed E-state index contributed by atoms with van der Waals surface area (Å²) in [6.45, 7) is 3.29. The van der Waals surface area contributed by atoms with Crippen LogP contribution in [-0.4, -0.2) is 53.0 Å². The highest BCUT2D eigenvalue weighted by Crippen LogP contribution is 2.34. The van der Waals surface area contributed by atoms with Gasteiger partial charge in [0.1, 0.15) is 5.52 Å². The predicted octanol–water partition coefficient (Wildman–Crippen LogP) is 4.59. The van der Waals surface area contributed by atoms with Gasteiger partial charge in [0.15, 0.2) is 5.13 Å². The van der Waals surface area contributed by atoms with Crippen molar-refractivity contribution in [3.63, 3.8) is 0 Å². The molecule has 5 rings (SSSR count). The van der Waals surface area contributed by atoms with Crippen LogP contribution in [0.3, 0.4) is 0 Å². The van der Waals surface area contributed by atoms with E-state index in [1.54, 1.807) is 46.1 Å². The number of benzene rings is 2. The molecule has 1 amide bonds. The van der Waals surface area contributed by atoms with Crippen LogP contribution in [0.4, 0.5) is 5.13 Å². The molecule has 0 radical (unpaired) electrons. The zero-order chi connectivity index (χ0) is 25.3. The second-order valence-corrected chi connectivity index (χ2v) is 12.2. The lowest BCUT2D eigenvalue weighted by molar-refractivity contribution is -0.123. The number of carbonyl (C=O) groups is 1. The molecule has 11 heteroatoms. The third kappa shape index (κ3) is 5.04. The third-order valence-corrected chi connectivity index (χ3v) is 9.59. The van der Waals surface area contributed by atoms with Crippen LogP contribution in [0.25, 0.3) is 10.2 Å². The number of aromatic nitrogens is 3. The Labute approximate surface area is 219 Å². The van der Waals surface area contributed by atoms with Crippen molar-refractivity contribution in [2.24, 2.45) is 5.92 Å². The number of aryl methyl sites for hydroxylation is 1. The first-order chi connectivity index (χ1) is 17.3. The third-order valence-electron chi connectivity index (χ3n) is 6.36. The summed E-state index contributed by atoms with van der Waals surface area (Å²) in [7, 11) is -3.69. The summed E-state index contributed by atoms with van der Waals surface area (Å²) in [5, 5.41) is 5.33. The van der Waals surface area contributed by atoms with Crippen molar-refractivity contribution in [3.05, 3.63) is 71.5 Å². The Morgan fingerprint density at radius 3 is 2.72 bits per heavy atom. The smallest absolute Gasteiger partial charge is 0.243 e. The number of hydrogen-bond donors (Lipinski definition) is 0. The highest BCUT2D eigenvalue weighted by Gasteiger charge is 2.36. The lowest BCUT2D eigenvalue weighted by Crippen LogP contribution is -2.47. The SMILES string of the molecule is Cc1ccc(S(=O)(=O)N2CCCC(C(=O)N(CCn3cccn3)c3nc4c(Cl)cccc4s3)C2)cc1. The molecule has 0 bridgehead atoms. The van der Waals surface area contributed by atoms with Crippen LogP contribution >= 0.6 is 22.9 Å². The molecule has 36 heavy (non-hydrogen) atoms. The molecule has 2 aromatic carbocycles. The zero-order valence-electron chi connectivity index (χ0n) is 19.7. The van der Waals surface area contributed by atoms with Crippen molar-refractivity contribution in [2.45, 2.75) is 31.2 Å². The number of amides is 1. The highest BCUT2D eigenvalue weighted by atomic mass is 35.5. The predicted molar refractivity (Wildman–Crippen MR) is 142 cm³/mol. The number of fused-ring (bicyclic) bond motifs is 1.